The van der Waals surface area contributed by atoms with E-state index in [0.29, 0.717) is 11.9 Å². The van der Waals surface area contributed by atoms with Crippen LogP contribution in [0.25, 0.3) is 5.95 Å². The number of halogens is 1. The Hall–Kier alpha value is -1.69. The lowest BCUT2D eigenvalue weighted by atomic mass is 10.1. The van der Waals surface area contributed by atoms with E-state index >= 15 is 0 Å². The van der Waals surface area contributed by atoms with Gasteiger partial charge in [-0.3, -0.25) is 0 Å². The highest BCUT2D eigenvalue weighted by atomic mass is 35.5. The van der Waals surface area contributed by atoms with E-state index in [1.165, 1.54) is 6.42 Å². The SMILES string of the molecule is Cc1nn(-c2nc(Cl)nc(N3CCCCC3)n2)c(C)c1C. The van der Waals surface area contributed by atoms with Crippen molar-refractivity contribution in [2.45, 2.75) is 40.0 Å². The van der Waals surface area contributed by atoms with Gasteiger partial charge in [0.25, 0.3) is 5.95 Å². The minimum absolute atomic E-state index is 0.214. The van der Waals surface area contributed by atoms with Gasteiger partial charge in [0, 0.05) is 18.8 Å². The van der Waals surface area contributed by atoms with Crippen LogP contribution in [0.1, 0.15) is 36.2 Å². The Morgan fingerprint density at radius 3 is 2.19 bits per heavy atom. The number of aryl methyl sites for hydroxylation is 1. The van der Waals surface area contributed by atoms with E-state index in [1.807, 2.05) is 20.8 Å². The molecule has 21 heavy (non-hydrogen) atoms. The molecule has 7 heteroatoms. The molecule has 1 aliphatic heterocycles. The van der Waals surface area contributed by atoms with Gasteiger partial charge in [0.15, 0.2) is 0 Å². The second-order valence-corrected chi connectivity index (χ2v) is 5.80. The summed E-state index contributed by atoms with van der Waals surface area (Å²) in [5, 5.41) is 4.71. The average Bonchev–Trinajstić information content (AvgIpc) is 2.75. The number of aromatic nitrogens is 5. The summed E-state index contributed by atoms with van der Waals surface area (Å²) in [4.78, 5) is 15.2. The van der Waals surface area contributed by atoms with Gasteiger partial charge in [-0.1, -0.05) is 0 Å². The lowest BCUT2D eigenvalue weighted by molar-refractivity contribution is 0.565. The van der Waals surface area contributed by atoms with Crippen molar-refractivity contribution in [1.29, 1.82) is 0 Å². The molecule has 0 amide bonds. The molecule has 3 heterocycles. The summed E-state index contributed by atoms with van der Waals surface area (Å²) in [6.07, 6.45) is 3.59. The molecule has 6 nitrogen and oxygen atoms in total. The summed E-state index contributed by atoms with van der Waals surface area (Å²) in [7, 11) is 0. The highest BCUT2D eigenvalue weighted by Gasteiger charge is 2.18. The minimum Gasteiger partial charge on any atom is -0.341 e. The van der Waals surface area contributed by atoms with Crippen LogP contribution in [0.3, 0.4) is 0 Å². The van der Waals surface area contributed by atoms with E-state index in [1.54, 1.807) is 4.68 Å². The van der Waals surface area contributed by atoms with Crippen LogP contribution in [-0.4, -0.2) is 37.8 Å². The predicted octanol–water partition coefficient (Wildman–Crippen LogP) is 2.63. The second-order valence-electron chi connectivity index (χ2n) is 5.46. The topological polar surface area (TPSA) is 59.7 Å². The summed E-state index contributed by atoms with van der Waals surface area (Å²) in [5.41, 5.74) is 3.15. The lowest BCUT2D eigenvalue weighted by Crippen LogP contribution is -2.31. The van der Waals surface area contributed by atoms with Gasteiger partial charge in [-0.05, 0) is 57.2 Å². The molecule has 3 rings (SSSR count). The fourth-order valence-corrected chi connectivity index (χ4v) is 2.73. The van der Waals surface area contributed by atoms with Crippen molar-refractivity contribution in [3.05, 3.63) is 22.2 Å². The minimum atomic E-state index is 0.214. The molecule has 0 aliphatic carbocycles. The van der Waals surface area contributed by atoms with E-state index in [4.69, 9.17) is 11.6 Å². The zero-order valence-electron chi connectivity index (χ0n) is 12.6. The van der Waals surface area contributed by atoms with Crippen molar-refractivity contribution >= 4 is 17.5 Å². The molecule has 1 fully saturated rings. The standard InChI is InChI=1S/C14H19ClN6/c1-9-10(2)19-21(11(9)3)14-17-12(15)16-13(18-14)20-7-5-4-6-8-20/h4-8H2,1-3H3. The average molecular weight is 307 g/mol. The first-order valence-electron chi connectivity index (χ1n) is 7.26. The van der Waals surface area contributed by atoms with Crippen molar-refractivity contribution in [3.63, 3.8) is 0 Å². The third kappa shape index (κ3) is 2.72. The smallest absolute Gasteiger partial charge is 0.256 e. The molecule has 0 aromatic carbocycles. The first kappa shape index (κ1) is 14.3. The van der Waals surface area contributed by atoms with Crippen LogP contribution in [0.15, 0.2) is 0 Å². The van der Waals surface area contributed by atoms with E-state index in [-0.39, 0.29) is 5.28 Å². The molecule has 0 N–H and O–H groups in total. The van der Waals surface area contributed by atoms with Gasteiger partial charge in [-0.25, -0.2) is 4.68 Å². The molecule has 0 unspecified atom stereocenters. The van der Waals surface area contributed by atoms with Crippen LogP contribution >= 0.6 is 11.6 Å². The van der Waals surface area contributed by atoms with Crippen LogP contribution < -0.4 is 4.90 Å². The molecule has 0 atom stereocenters. The molecule has 1 saturated heterocycles. The fourth-order valence-electron chi connectivity index (χ4n) is 2.57. The summed E-state index contributed by atoms with van der Waals surface area (Å²) < 4.78 is 1.74. The first-order valence-corrected chi connectivity index (χ1v) is 7.64. The number of piperidine rings is 1. The molecule has 112 valence electrons. The fraction of sp³-hybridized carbons (Fsp3) is 0.571. The summed E-state index contributed by atoms with van der Waals surface area (Å²) in [6.45, 7) is 7.97. The van der Waals surface area contributed by atoms with Gasteiger partial charge in [0.2, 0.25) is 11.2 Å². The quantitative estimate of drug-likeness (QED) is 0.853. The normalized spacial score (nSPS) is 15.5. The zero-order chi connectivity index (χ0) is 15.0. The predicted molar refractivity (Wildman–Crippen MR) is 82.2 cm³/mol. The van der Waals surface area contributed by atoms with Gasteiger partial charge in [-0.15, -0.1) is 0 Å². The molecule has 0 spiro atoms. The lowest BCUT2D eigenvalue weighted by Gasteiger charge is -2.26. The van der Waals surface area contributed by atoms with Gasteiger partial charge >= 0.3 is 0 Å². The number of hydrogen-bond acceptors (Lipinski definition) is 5. The molecule has 2 aromatic rings. The third-order valence-electron chi connectivity index (χ3n) is 4.07. The monoisotopic (exact) mass is 306 g/mol. The van der Waals surface area contributed by atoms with E-state index in [0.717, 1.165) is 42.9 Å². The van der Waals surface area contributed by atoms with Crippen molar-refractivity contribution in [3.8, 4) is 5.95 Å². The number of rotatable bonds is 2. The maximum Gasteiger partial charge on any atom is 0.256 e. The molecule has 2 aromatic heterocycles. The number of anilines is 1. The molecule has 0 saturated carbocycles. The van der Waals surface area contributed by atoms with Crippen molar-refractivity contribution in [1.82, 2.24) is 24.7 Å². The van der Waals surface area contributed by atoms with Gasteiger partial charge in [0.05, 0.1) is 5.69 Å². The van der Waals surface area contributed by atoms with E-state index in [2.05, 4.69) is 25.0 Å². The summed E-state index contributed by atoms with van der Waals surface area (Å²) in [5.74, 6) is 1.14. The Kier molecular flexibility index (Phi) is 3.80. The Labute approximate surface area is 129 Å². The Morgan fingerprint density at radius 2 is 1.57 bits per heavy atom. The van der Waals surface area contributed by atoms with Crippen molar-refractivity contribution in [2.24, 2.45) is 0 Å². The van der Waals surface area contributed by atoms with Crippen molar-refractivity contribution < 1.29 is 0 Å². The largest absolute Gasteiger partial charge is 0.341 e. The van der Waals surface area contributed by atoms with Crippen LogP contribution in [0.2, 0.25) is 5.28 Å². The van der Waals surface area contributed by atoms with Crippen LogP contribution in [0.4, 0.5) is 5.95 Å². The maximum atomic E-state index is 6.09. The summed E-state index contributed by atoms with van der Waals surface area (Å²) in [6, 6.07) is 0. The van der Waals surface area contributed by atoms with Crippen LogP contribution in [0, 0.1) is 20.8 Å². The Bertz CT molecular complexity index is 660. The highest BCUT2D eigenvalue weighted by molar-refractivity contribution is 6.28. The zero-order valence-corrected chi connectivity index (χ0v) is 13.4. The van der Waals surface area contributed by atoms with Crippen LogP contribution in [-0.2, 0) is 0 Å². The van der Waals surface area contributed by atoms with Gasteiger partial charge < -0.3 is 4.90 Å². The number of nitrogens with zero attached hydrogens (tertiary/aromatic N) is 6. The molecular formula is C14H19ClN6. The summed E-state index contributed by atoms with van der Waals surface area (Å²) >= 11 is 6.09. The molecule has 1 aliphatic rings. The molecule has 0 bridgehead atoms. The van der Waals surface area contributed by atoms with Gasteiger partial charge in [0.1, 0.15) is 0 Å². The second kappa shape index (κ2) is 5.60. The maximum absolute atomic E-state index is 6.09. The van der Waals surface area contributed by atoms with Gasteiger partial charge in [-0.2, -0.15) is 20.1 Å². The Balaban J connectivity index is 2.02. The Morgan fingerprint density at radius 1 is 0.905 bits per heavy atom. The molecule has 0 radical (unpaired) electrons. The van der Waals surface area contributed by atoms with E-state index < -0.39 is 0 Å². The molecular weight excluding hydrogens is 288 g/mol. The van der Waals surface area contributed by atoms with Crippen molar-refractivity contribution in [2.75, 3.05) is 18.0 Å². The highest BCUT2D eigenvalue weighted by Crippen LogP contribution is 2.20. The van der Waals surface area contributed by atoms with E-state index in [9.17, 15) is 0 Å². The van der Waals surface area contributed by atoms with Crippen LogP contribution in [0.5, 0.6) is 0 Å². The number of hydrogen-bond donors (Lipinski definition) is 0. The third-order valence-corrected chi connectivity index (χ3v) is 4.24. The first-order chi connectivity index (χ1) is 10.1.